The van der Waals surface area contributed by atoms with Gasteiger partial charge in [-0.05, 0) is 6.20 Å². The molecular weight excluding hydrogens is 504 g/mol. The predicted molar refractivity (Wildman–Crippen MR) is 78.6 cm³/mol. The van der Waals surface area contributed by atoms with Crippen LogP contribution < -0.4 is 5.32 Å². The zero-order chi connectivity index (χ0) is 26.0. The van der Waals surface area contributed by atoms with E-state index in [1.54, 1.807) is 0 Å². The molecule has 0 aliphatic carbocycles. The maximum absolute atomic E-state index is 13.4. The Morgan fingerprint density at radius 1 is 1.00 bits per heavy atom. The zero-order valence-corrected chi connectivity index (χ0v) is 15.8. The van der Waals surface area contributed by atoms with Gasteiger partial charge in [0.1, 0.15) is 5.57 Å². The summed E-state index contributed by atoms with van der Waals surface area (Å²) in [4.78, 5) is 23.1. The van der Waals surface area contributed by atoms with Gasteiger partial charge in [-0.2, -0.15) is 43.9 Å². The maximum atomic E-state index is 13.4. The fourth-order valence-corrected chi connectivity index (χ4v) is 2.02. The number of amides is 1. The van der Waals surface area contributed by atoms with Crippen molar-refractivity contribution in [1.82, 2.24) is 5.32 Å². The smallest absolute Gasteiger partial charge is 0.466 e. The molecule has 0 saturated heterocycles. The Kier molecular flexibility index (Phi) is 8.52. The van der Waals surface area contributed by atoms with Crippen LogP contribution in [-0.4, -0.2) is 60.8 Å². The van der Waals surface area contributed by atoms with Gasteiger partial charge >= 0.3 is 41.2 Å². The molecule has 0 aliphatic heterocycles. The van der Waals surface area contributed by atoms with Crippen molar-refractivity contribution < 1.29 is 75.9 Å². The Bertz CT molecular complexity index is 865. The molecule has 8 nitrogen and oxygen atoms in total. The highest BCUT2D eigenvalue weighted by Crippen LogP contribution is 2.42. The summed E-state index contributed by atoms with van der Waals surface area (Å²) in [5.41, 5.74) is -2.62. The Balaban J connectivity index is 6.17. The standard InChI is InChI=1S/C13H11F10NO7S/c1-3-24-8(26)10(12(19,20)21,31-7(25)6(2)11(16,17)18)30-5-4-9(14,15)13(22,23)32(27,28)29/h3H,1-2,4-5H2,(H,24,26)(H,27,28,29)/p-1. The summed E-state index contributed by atoms with van der Waals surface area (Å²) in [5.74, 6) is -16.7. The highest BCUT2D eigenvalue weighted by Gasteiger charge is 2.68. The number of carbonyl (C=O) groups excluding carboxylic acids is 2. The average molecular weight is 514 g/mol. The van der Waals surface area contributed by atoms with Crippen LogP contribution in [0, 0.1) is 0 Å². The van der Waals surface area contributed by atoms with Crippen LogP contribution in [0.25, 0.3) is 0 Å². The molecule has 0 spiro atoms. The van der Waals surface area contributed by atoms with Gasteiger partial charge in [0.25, 0.3) is 0 Å². The van der Waals surface area contributed by atoms with Crippen LogP contribution in [-0.2, 0) is 29.2 Å². The summed E-state index contributed by atoms with van der Waals surface area (Å²) in [6, 6.07) is 0. The molecule has 1 amide bonds. The molecule has 186 valence electrons. The molecule has 0 aromatic rings. The number of carbonyl (C=O) groups is 2. The molecule has 0 fully saturated rings. The summed E-state index contributed by atoms with van der Waals surface area (Å²) < 4.78 is 168. The first-order valence-corrected chi connectivity index (χ1v) is 8.72. The quantitative estimate of drug-likeness (QED) is 0.156. The van der Waals surface area contributed by atoms with Crippen molar-refractivity contribution in [2.45, 2.75) is 35.7 Å². The van der Waals surface area contributed by atoms with Crippen LogP contribution >= 0.6 is 0 Å². The van der Waals surface area contributed by atoms with Gasteiger partial charge in [-0.3, -0.25) is 4.79 Å². The maximum Gasteiger partial charge on any atom is 0.466 e. The van der Waals surface area contributed by atoms with Crippen molar-refractivity contribution >= 4 is 22.0 Å². The third-order valence-electron chi connectivity index (χ3n) is 3.19. The molecule has 0 rings (SSSR count). The number of rotatable bonds is 10. The van der Waals surface area contributed by atoms with Gasteiger partial charge in [-0.15, -0.1) is 0 Å². The normalized spacial score (nSPS) is 15.5. The second kappa shape index (κ2) is 9.22. The summed E-state index contributed by atoms with van der Waals surface area (Å²) in [6.07, 6.45) is -14.6. The van der Waals surface area contributed by atoms with E-state index in [2.05, 4.69) is 22.6 Å². The van der Waals surface area contributed by atoms with Gasteiger partial charge in [0, 0.05) is 6.42 Å². The van der Waals surface area contributed by atoms with Crippen molar-refractivity contribution in [3.05, 3.63) is 24.9 Å². The second-order valence-corrected chi connectivity index (χ2v) is 6.85. The fourth-order valence-electron chi connectivity index (χ4n) is 1.56. The molecule has 0 heterocycles. The first-order valence-electron chi connectivity index (χ1n) is 7.31. The first-order chi connectivity index (χ1) is 14.0. The minimum Gasteiger partial charge on any atom is -0.743 e. The topological polar surface area (TPSA) is 122 Å². The van der Waals surface area contributed by atoms with Crippen molar-refractivity contribution in [2.24, 2.45) is 0 Å². The molecular formula is C13H10F10NO7S-. The van der Waals surface area contributed by atoms with Crippen LogP contribution in [0.1, 0.15) is 6.42 Å². The van der Waals surface area contributed by atoms with Crippen molar-refractivity contribution in [1.29, 1.82) is 0 Å². The molecule has 19 heteroatoms. The van der Waals surface area contributed by atoms with Gasteiger partial charge in [-0.25, -0.2) is 13.2 Å². The Morgan fingerprint density at radius 3 is 1.81 bits per heavy atom. The van der Waals surface area contributed by atoms with Crippen LogP contribution in [0.5, 0.6) is 0 Å². The lowest BCUT2D eigenvalue weighted by molar-refractivity contribution is -0.350. The van der Waals surface area contributed by atoms with E-state index in [0.29, 0.717) is 0 Å². The number of hydrogen-bond acceptors (Lipinski definition) is 7. The van der Waals surface area contributed by atoms with E-state index in [0.717, 1.165) is 5.32 Å². The van der Waals surface area contributed by atoms with E-state index >= 15 is 0 Å². The summed E-state index contributed by atoms with van der Waals surface area (Å²) in [7, 11) is -7.05. The summed E-state index contributed by atoms with van der Waals surface area (Å²) in [5, 5.41) is -5.28. The number of nitrogens with one attached hydrogen (secondary N) is 1. The first kappa shape index (κ1) is 29.6. The Labute approximate surface area is 171 Å². The van der Waals surface area contributed by atoms with Crippen LogP contribution in [0.3, 0.4) is 0 Å². The summed E-state index contributed by atoms with van der Waals surface area (Å²) in [6.45, 7) is 2.40. The molecule has 1 atom stereocenters. The lowest BCUT2D eigenvalue weighted by Gasteiger charge is -2.34. The Hall–Kier alpha value is -2.41. The van der Waals surface area contributed by atoms with E-state index in [4.69, 9.17) is 0 Å². The van der Waals surface area contributed by atoms with Crippen molar-refractivity contribution in [2.75, 3.05) is 6.61 Å². The molecule has 32 heavy (non-hydrogen) atoms. The lowest BCUT2D eigenvalue weighted by atomic mass is 10.2. The minimum absolute atomic E-state index is 0.158. The third kappa shape index (κ3) is 6.09. The lowest BCUT2D eigenvalue weighted by Crippen LogP contribution is -2.61. The van der Waals surface area contributed by atoms with Gasteiger partial charge in [-0.1, -0.05) is 13.2 Å². The number of ether oxygens (including phenoxy) is 2. The van der Waals surface area contributed by atoms with E-state index < -0.39 is 69.9 Å². The van der Waals surface area contributed by atoms with E-state index in [1.165, 1.54) is 0 Å². The SMILES string of the molecule is C=CNC(=O)C(OCCC(F)(F)C(F)(F)S(=O)(=O)[O-])(OC(=O)C(=C)C(F)(F)F)C(F)(F)F. The minimum atomic E-state index is -7.05. The highest BCUT2D eigenvalue weighted by molar-refractivity contribution is 7.86. The van der Waals surface area contributed by atoms with Gasteiger partial charge < -0.3 is 19.3 Å². The number of halogens is 10. The van der Waals surface area contributed by atoms with E-state index in [9.17, 15) is 66.5 Å². The molecule has 0 aromatic carbocycles. The largest absolute Gasteiger partial charge is 0.743 e. The molecule has 0 aliphatic rings. The van der Waals surface area contributed by atoms with Crippen LogP contribution in [0.15, 0.2) is 24.9 Å². The number of esters is 1. The molecule has 1 N–H and O–H groups in total. The monoisotopic (exact) mass is 514 g/mol. The molecule has 1 unspecified atom stereocenters. The van der Waals surface area contributed by atoms with Gasteiger partial charge in [0.15, 0.2) is 10.1 Å². The van der Waals surface area contributed by atoms with Crippen LogP contribution in [0.2, 0.25) is 0 Å². The van der Waals surface area contributed by atoms with Gasteiger partial charge in [0.2, 0.25) is 0 Å². The van der Waals surface area contributed by atoms with E-state index in [-0.39, 0.29) is 6.20 Å². The van der Waals surface area contributed by atoms with Gasteiger partial charge in [0.05, 0.1) is 6.61 Å². The highest BCUT2D eigenvalue weighted by atomic mass is 32.2. The Morgan fingerprint density at radius 2 is 1.47 bits per heavy atom. The third-order valence-corrected chi connectivity index (χ3v) is 4.12. The van der Waals surface area contributed by atoms with Crippen molar-refractivity contribution in [3.8, 4) is 0 Å². The molecule has 0 saturated carbocycles. The average Bonchev–Trinajstić information content (AvgIpc) is 2.56. The van der Waals surface area contributed by atoms with Crippen LogP contribution in [0.4, 0.5) is 43.9 Å². The molecule has 0 radical (unpaired) electrons. The predicted octanol–water partition coefficient (Wildman–Crippen LogP) is 2.35. The molecule has 0 aromatic heterocycles. The second-order valence-electron chi connectivity index (χ2n) is 5.43. The van der Waals surface area contributed by atoms with Crippen molar-refractivity contribution in [3.63, 3.8) is 0 Å². The number of alkyl halides is 10. The fraction of sp³-hybridized carbons (Fsp3) is 0.538. The summed E-state index contributed by atoms with van der Waals surface area (Å²) >= 11 is 0. The number of hydrogen-bond donors (Lipinski definition) is 1. The van der Waals surface area contributed by atoms with E-state index in [1.807, 2.05) is 0 Å². The zero-order valence-electron chi connectivity index (χ0n) is 15.0. The molecule has 0 bridgehead atoms.